The van der Waals surface area contributed by atoms with E-state index in [9.17, 15) is 9.59 Å². The van der Waals surface area contributed by atoms with Gasteiger partial charge in [0.2, 0.25) is 5.91 Å². The topological polar surface area (TPSA) is 68.5 Å². The van der Waals surface area contributed by atoms with Crippen molar-refractivity contribution in [1.29, 1.82) is 0 Å². The molecule has 3 heterocycles. The molecular weight excluding hydrogens is 306 g/mol. The standard InChI is InChI=1S/C19H17NO4/c1-19(2)17-16(18(22)24-19)12(10-15(21)20-17)14-9-8-13(23-14)11-6-4-3-5-7-11/h3-9,12H,10H2,1-2H3,(H,20,21). The van der Waals surface area contributed by atoms with Crippen LogP contribution in [0.4, 0.5) is 0 Å². The van der Waals surface area contributed by atoms with Gasteiger partial charge in [-0.25, -0.2) is 4.79 Å². The highest BCUT2D eigenvalue weighted by Crippen LogP contribution is 2.43. The molecule has 1 unspecified atom stereocenters. The molecule has 5 heteroatoms. The average Bonchev–Trinajstić information content (AvgIpc) is 3.11. The Balaban J connectivity index is 1.76. The third-order valence-electron chi connectivity index (χ3n) is 4.47. The van der Waals surface area contributed by atoms with Gasteiger partial charge in [0.25, 0.3) is 0 Å². The first-order chi connectivity index (χ1) is 11.5. The van der Waals surface area contributed by atoms with Gasteiger partial charge in [-0.15, -0.1) is 0 Å². The van der Waals surface area contributed by atoms with Crippen LogP contribution in [0, 0.1) is 0 Å². The molecule has 5 nitrogen and oxygen atoms in total. The fourth-order valence-corrected chi connectivity index (χ4v) is 3.32. The highest BCUT2D eigenvalue weighted by Gasteiger charge is 2.48. The number of rotatable bonds is 2. The zero-order valence-corrected chi connectivity index (χ0v) is 13.5. The van der Waals surface area contributed by atoms with Crippen molar-refractivity contribution in [1.82, 2.24) is 5.32 Å². The van der Waals surface area contributed by atoms with E-state index in [4.69, 9.17) is 9.15 Å². The molecule has 0 radical (unpaired) electrons. The van der Waals surface area contributed by atoms with E-state index in [1.807, 2.05) is 42.5 Å². The lowest BCUT2D eigenvalue weighted by atomic mass is 9.86. The second-order valence-electron chi connectivity index (χ2n) is 6.56. The molecule has 1 N–H and O–H groups in total. The molecule has 1 aromatic heterocycles. The third kappa shape index (κ3) is 2.24. The molecule has 0 bridgehead atoms. The van der Waals surface area contributed by atoms with Crippen LogP contribution in [0.2, 0.25) is 0 Å². The highest BCUT2D eigenvalue weighted by atomic mass is 16.6. The number of ether oxygens (including phenoxy) is 1. The van der Waals surface area contributed by atoms with Crippen molar-refractivity contribution in [2.75, 3.05) is 0 Å². The smallest absolute Gasteiger partial charge is 0.337 e. The molecule has 2 aliphatic heterocycles. The van der Waals surface area contributed by atoms with E-state index in [0.29, 0.717) is 22.8 Å². The first-order valence-electron chi connectivity index (χ1n) is 7.89. The van der Waals surface area contributed by atoms with E-state index in [-0.39, 0.29) is 12.3 Å². The van der Waals surface area contributed by atoms with Crippen molar-refractivity contribution in [2.24, 2.45) is 0 Å². The molecule has 1 aromatic carbocycles. The van der Waals surface area contributed by atoms with E-state index in [1.54, 1.807) is 13.8 Å². The second-order valence-corrected chi connectivity index (χ2v) is 6.56. The van der Waals surface area contributed by atoms with Crippen LogP contribution in [-0.2, 0) is 14.3 Å². The SMILES string of the molecule is CC1(C)OC(=O)C2=C1NC(=O)CC2c1ccc(-c2ccccc2)o1. The largest absolute Gasteiger partial charge is 0.460 e. The summed E-state index contributed by atoms with van der Waals surface area (Å²) in [5, 5.41) is 2.79. The molecule has 1 amide bonds. The summed E-state index contributed by atoms with van der Waals surface area (Å²) in [5.41, 5.74) is 1.17. The van der Waals surface area contributed by atoms with Crippen molar-refractivity contribution < 1.29 is 18.7 Å². The lowest BCUT2D eigenvalue weighted by molar-refractivity contribution is -0.144. The Labute approximate surface area is 139 Å². The highest BCUT2D eigenvalue weighted by molar-refractivity contribution is 5.99. The van der Waals surface area contributed by atoms with Gasteiger partial charge in [0.15, 0.2) is 0 Å². The van der Waals surface area contributed by atoms with Gasteiger partial charge in [0.05, 0.1) is 17.2 Å². The van der Waals surface area contributed by atoms with Gasteiger partial charge < -0.3 is 14.5 Å². The van der Waals surface area contributed by atoms with E-state index >= 15 is 0 Å². The molecule has 0 saturated heterocycles. The number of carbonyl (C=O) groups is 2. The Hall–Kier alpha value is -2.82. The summed E-state index contributed by atoms with van der Waals surface area (Å²) in [5.74, 6) is 0.371. The van der Waals surface area contributed by atoms with Crippen LogP contribution in [0.1, 0.15) is 31.9 Å². The number of carbonyl (C=O) groups excluding carboxylic acids is 2. The number of esters is 1. The van der Waals surface area contributed by atoms with Gasteiger partial charge in [-0.3, -0.25) is 4.79 Å². The van der Waals surface area contributed by atoms with Crippen LogP contribution in [-0.4, -0.2) is 17.5 Å². The van der Waals surface area contributed by atoms with Crippen molar-refractivity contribution in [3.8, 4) is 11.3 Å². The van der Waals surface area contributed by atoms with E-state index in [1.165, 1.54) is 0 Å². The lowest BCUT2D eigenvalue weighted by Gasteiger charge is -2.26. The maximum atomic E-state index is 12.3. The van der Waals surface area contributed by atoms with E-state index in [0.717, 1.165) is 5.56 Å². The van der Waals surface area contributed by atoms with Crippen LogP contribution in [0.3, 0.4) is 0 Å². The van der Waals surface area contributed by atoms with Gasteiger partial charge in [-0.2, -0.15) is 0 Å². The van der Waals surface area contributed by atoms with Crippen molar-refractivity contribution in [2.45, 2.75) is 31.8 Å². The second kappa shape index (κ2) is 5.09. The number of cyclic esters (lactones) is 1. The normalized spacial score (nSPS) is 22.2. The summed E-state index contributed by atoms with van der Waals surface area (Å²) in [6.45, 7) is 3.54. The molecule has 0 aliphatic carbocycles. The quantitative estimate of drug-likeness (QED) is 0.862. The summed E-state index contributed by atoms with van der Waals surface area (Å²) in [4.78, 5) is 24.4. The van der Waals surface area contributed by atoms with Crippen molar-refractivity contribution in [3.05, 3.63) is 59.5 Å². The number of hydrogen-bond donors (Lipinski definition) is 1. The number of benzene rings is 1. The van der Waals surface area contributed by atoms with E-state index < -0.39 is 17.5 Å². The minimum Gasteiger partial charge on any atom is -0.460 e. The number of furan rings is 1. The molecule has 0 saturated carbocycles. The predicted octanol–water partition coefficient (Wildman–Crippen LogP) is 3.14. The summed E-state index contributed by atoms with van der Waals surface area (Å²) in [6.07, 6.45) is 0.172. The van der Waals surface area contributed by atoms with Gasteiger partial charge >= 0.3 is 5.97 Å². The Kier molecular flexibility index (Phi) is 3.13. The fraction of sp³-hybridized carbons (Fsp3) is 0.263. The predicted molar refractivity (Wildman–Crippen MR) is 86.8 cm³/mol. The summed E-state index contributed by atoms with van der Waals surface area (Å²) >= 11 is 0. The van der Waals surface area contributed by atoms with Crippen molar-refractivity contribution >= 4 is 11.9 Å². The molecule has 2 aliphatic rings. The van der Waals surface area contributed by atoms with Crippen LogP contribution in [0.15, 0.2) is 58.2 Å². The zero-order chi connectivity index (χ0) is 16.9. The van der Waals surface area contributed by atoms with Gasteiger partial charge in [-0.1, -0.05) is 30.3 Å². The van der Waals surface area contributed by atoms with Gasteiger partial charge in [-0.05, 0) is 26.0 Å². The molecular formula is C19H17NO4. The average molecular weight is 323 g/mol. The summed E-state index contributed by atoms with van der Waals surface area (Å²) in [7, 11) is 0. The molecule has 122 valence electrons. The molecule has 2 aromatic rings. The van der Waals surface area contributed by atoms with Gasteiger partial charge in [0.1, 0.15) is 17.1 Å². The first kappa shape index (κ1) is 14.8. The van der Waals surface area contributed by atoms with Gasteiger partial charge in [0, 0.05) is 12.0 Å². The van der Waals surface area contributed by atoms with Crippen LogP contribution < -0.4 is 5.32 Å². The minimum atomic E-state index is -0.824. The summed E-state index contributed by atoms with van der Waals surface area (Å²) in [6, 6.07) is 13.4. The fourth-order valence-electron chi connectivity index (χ4n) is 3.32. The first-order valence-corrected chi connectivity index (χ1v) is 7.89. The monoisotopic (exact) mass is 323 g/mol. The Morgan fingerprint density at radius 1 is 1.08 bits per heavy atom. The maximum Gasteiger partial charge on any atom is 0.337 e. The Morgan fingerprint density at radius 3 is 2.58 bits per heavy atom. The third-order valence-corrected chi connectivity index (χ3v) is 4.47. The van der Waals surface area contributed by atoms with Crippen LogP contribution >= 0.6 is 0 Å². The number of nitrogens with one attached hydrogen (secondary N) is 1. The molecule has 4 rings (SSSR count). The number of hydrogen-bond acceptors (Lipinski definition) is 4. The Bertz CT molecular complexity index is 861. The molecule has 0 spiro atoms. The Morgan fingerprint density at radius 2 is 1.83 bits per heavy atom. The summed E-state index contributed by atoms with van der Waals surface area (Å²) < 4.78 is 11.4. The molecule has 0 fully saturated rings. The number of amides is 1. The minimum absolute atomic E-state index is 0.136. The lowest BCUT2D eigenvalue weighted by Crippen LogP contribution is -2.38. The maximum absolute atomic E-state index is 12.3. The molecule has 24 heavy (non-hydrogen) atoms. The van der Waals surface area contributed by atoms with Crippen LogP contribution in [0.25, 0.3) is 11.3 Å². The molecule has 1 atom stereocenters. The van der Waals surface area contributed by atoms with E-state index in [2.05, 4.69) is 5.32 Å². The van der Waals surface area contributed by atoms with Crippen molar-refractivity contribution in [3.63, 3.8) is 0 Å². The van der Waals surface area contributed by atoms with Crippen LogP contribution in [0.5, 0.6) is 0 Å². The zero-order valence-electron chi connectivity index (χ0n) is 13.5.